The van der Waals surface area contributed by atoms with Crippen LogP contribution in [0.3, 0.4) is 0 Å². The van der Waals surface area contributed by atoms with Gasteiger partial charge in [-0.1, -0.05) is 12.5 Å². The molecule has 0 bridgehead atoms. The zero-order chi connectivity index (χ0) is 21.8. The highest BCUT2D eigenvalue weighted by Gasteiger charge is 2.59. The van der Waals surface area contributed by atoms with Crippen LogP contribution in [-0.2, 0) is 11.3 Å². The number of nitrogens with one attached hydrogen (secondary N) is 2. The molecular weight excluding hydrogens is 522 g/mol. The van der Waals surface area contributed by atoms with E-state index in [1.165, 1.54) is 26.4 Å². The molecule has 3 fully saturated rings. The molecule has 2 saturated carbocycles. The number of guanidine groups is 1. The zero-order valence-corrected chi connectivity index (χ0v) is 21.9. The molecule has 2 aliphatic carbocycles. The van der Waals surface area contributed by atoms with Gasteiger partial charge in [-0.15, -0.1) is 24.0 Å². The highest BCUT2D eigenvalue weighted by atomic mass is 127. The Balaban J connectivity index is 0.00000289. The van der Waals surface area contributed by atoms with Crippen molar-refractivity contribution in [2.45, 2.75) is 70.2 Å². The minimum Gasteiger partial charge on any atom is -0.494 e. The third-order valence-electron chi connectivity index (χ3n) is 7.52. The van der Waals surface area contributed by atoms with Crippen LogP contribution in [0.4, 0.5) is 4.39 Å². The topological polar surface area (TPSA) is 58.1 Å². The van der Waals surface area contributed by atoms with Crippen LogP contribution in [0, 0.1) is 11.2 Å². The van der Waals surface area contributed by atoms with E-state index in [9.17, 15) is 4.39 Å². The number of nitrogens with zero attached hydrogens (tertiary/aromatic N) is 2. The summed E-state index contributed by atoms with van der Waals surface area (Å²) in [6.45, 7) is 5.63. The van der Waals surface area contributed by atoms with E-state index in [4.69, 9.17) is 9.47 Å². The van der Waals surface area contributed by atoms with E-state index in [-0.39, 0.29) is 29.8 Å². The van der Waals surface area contributed by atoms with Crippen molar-refractivity contribution in [1.82, 2.24) is 15.5 Å². The Morgan fingerprint density at radius 1 is 1.25 bits per heavy atom. The highest BCUT2D eigenvalue weighted by Crippen LogP contribution is 2.57. The second kappa shape index (κ2) is 11.3. The predicted octanol–water partition coefficient (Wildman–Crippen LogP) is 3.93. The van der Waals surface area contributed by atoms with Crippen molar-refractivity contribution in [3.8, 4) is 5.75 Å². The van der Waals surface area contributed by atoms with Gasteiger partial charge >= 0.3 is 0 Å². The average molecular weight is 560 g/mol. The van der Waals surface area contributed by atoms with Crippen LogP contribution in [0.25, 0.3) is 0 Å². The number of ether oxygens (including phenoxy) is 2. The number of piperidine rings is 1. The molecule has 180 valence electrons. The van der Waals surface area contributed by atoms with Gasteiger partial charge in [0.2, 0.25) is 0 Å². The summed E-state index contributed by atoms with van der Waals surface area (Å²) in [7, 11) is 3.35. The first-order chi connectivity index (χ1) is 15.1. The predicted molar refractivity (Wildman–Crippen MR) is 136 cm³/mol. The summed E-state index contributed by atoms with van der Waals surface area (Å²) in [5.74, 6) is 0.924. The standard InChI is InChI=1S/C24H37FN4O2.HI/c1-4-31-22-15-21(24(22)10-5-11-24)28-23(26-2)27-18-8-12-29(13-9-18)16-17-6-7-20(30-3)19(25)14-17;/h6-7,14,18,21-22H,4-5,8-13,15-16H2,1-3H3,(H2,26,27,28);1H. The molecule has 2 atom stereocenters. The van der Waals surface area contributed by atoms with E-state index in [1.54, 1.807) is 12.1 Å². The summed E-state index contributed by atoms with van der Waals surface area (Å²) in [6.07, 6.45) is 7.42. The molecule has 1 aromatic carbocycles. The SMILES string of the molecule is CCOC1CC(NC(=NC)NC2CCN(Cc3ccc(OC)c(F)c3)CC2)C12CCC2.I. The number of benzene rings is 1. The number of methoxy groups -OCH3 is 1. The highest BCUT2D eigenvalue weighted by molar-refractivity contribution is 14.0. The van der Waals surface area contributed by atoms with Crippen LogP contribution in [-0.4, -0.2) is 62.9 Å². The van der Waals surface area contributed by atoms with E-state index in [0.29, 0.717) is 29.4 Å². The maximum Gasteiger partial charge on any atom is 0.191 e. The Bertz CT molecular complexity index is 781. The second-order valence-electron chi connectivity index (χ2n) is 9.20. The third-order valence-corrected chi connectivity index (χ3v) is 7.52. The summed E-state index contributed by atoms with van der Waals surface area (Å²) in [5, 5.41) is 7.33. The van der Waals surface area contributed by atoms with E-state index in [2.05, 4.69) is 27.4 Å². The van der Waals surface area contributed by atoms with Gasteiger partial charge in [-0.25, -0.2) is 4.39 Å². The number of hydrogen-bond acceptors (Lipinski definition) is 4. The second-order valence-corrected chi connectivity index (χ2v) is 9.20. The van der Waals surface area contributed by atoms with Crippen LogP contribution in [0.1, 0.15) is 51.0 Å². The lowest BCUT2D eigenvalue weighted by Crippen LogP contribution is -2.69. The van der Waals surface area contributed by atoms with Crippen LogP contribution >= 0.6 is 24.0 Å². The van der Waals surface area contributed by atoms with Crippen molar-refractivity contribution in [2.75, 3.05) is 33.9 Å². The Labute approximate surface area is 208 Å². The molecule has 0 radical (unpaired) electrons. The molecule has 1 saturated heterocycles. The lowest BCUT2D eigenvalue weighted by Gasteiger charge is -2.61. The molecule has 1 spiro atoms. The number of rotatable bonds is 7. The molecule has 1 heterocycles. The Morgan fingerprint density at radius 3 is 2.56 bits per heavy atom. The maximum absolute atomic E-state index is 14.0. The van der Waals surface area contributed by atoms with Gasteiger partial charge in [0.15, 0.2) is 17.5 Å². The van der Waals surface area contributed by atoms with Crippen LogP contribution in [0.5, 0.6) is 5.75 Å². The molecule has 2 unspecified atom stereocenters. The Morgan fingerprint density at radius 2 is 2.00 bits per heavy atom. The first-order valence-corrected chi connectivity index (χ1v) is 11.7. The van der Waals surface area contributed by atoms with Crippen molar-refractivity contribution in [2.24, 2.45) is 10.4 Å². The maximum atomic E-state index is 14.0. The van der Waals surface area contributed by atoms with Crippen LogP contribution < -0.4 is 15.4 Å². The van der Waals surface area contributed by atoms with E-state index in [0.717, 1.165) is 57.0 Å². The van der Waals surface area contributed by atoms with E-state index >= 15 is 0 Å². The first kappa shape index (κ1) is 25.5. The average Bonchev–Trinajstić information content (AvgIpc) is 2.72. The summed E-state index contributed by atoms with van der Waals surface area (Å²) in [6, 6.07) is 6.12. The summed E-state index contributed by atoms with van der Waals surface area (Å²) >= 11 is 0. The number of aliphatic imine (C=N–C) groups is 1. The van der Waals surface area contributed by atoms with E-state index in [1.807, 2.05) is 13.1 Å². The smallest absolute Gasteiger partial charge is 0.191 e. The normalized spacial score (nSPS) is 25.4. The first-order valence-electron chi connectivity index (χ1n) is 11.7. The molecule has 1 aliphatic heterocycles. The van der Waals surface area contributed by atoms with Gasteiger partial charge in [0.1, 0.15) is 0 Å². The fourth-order valence-electron chi connectivity index (χ4n) is 5.47. The van der Waals surface area contributed by atoms with Gasteiger partial charge in [-0.05, 0) is 56.7 Å². The van der Waals surface area contributed by atoms with Crippen molar-refractivity contribution in [3.05, 3.63) is 29.6 Å². The molecule has 0 aromatic heterocycles. The molecular formula is C24H38FIN4O2. The summed E-state index contributed by atoms with van der Waals surface area (Å²) < 4.78 is 24.9. The van der Waals surface area contributed by atoms with Gasteiger partial charge < -0.3 is 20.1 Å². The number of likely N-dealkylation sites (tertiary alicyclic amines) is 1. The molecule has 8 heteroatoms. The lowest BCUT2D eigenvalue weighted by atomic mass is 9.51. The minimum atomic E-state index is -0.293. The van der Waals surface area contributed by atoms with E-state index < -0.39 is 0 Å². The van der Waals surface area contributed by atoms with Crippen LogP contribution in [0.2, 0.25) is 0 Å². The van der Waals surface area contributed by atoms with Gasteiger partial charge in [0.25, 0.3) is 0 Å². The fraction of sp³-hybridized carbons (Fsp3) is 0.708. The number of hydrogen-bond donors (Lipinski definition) is 2. The number of halogens is 2. The quantitative estimate of drug-likeness (QED) is 0.301. The molecule has 2 N–H and O–H groups in total. The molecule has 32 heavy (non-hydrogen) atoms. The van der Waals surface area contributed by atoms with Crippen LogP contribution in [0.15, 0.2) is 23.2 Å². The third kappa shape index (κ3) is 5.33. The summed E-state index contributed by atoms with van der Waals surface area (Å²) in [4.78, 5) is 6.88. The van der Waals surface area contributed by atoms with Crippen molar-refractivity contribution in [1.29, 1.82) is 0 Å². The Hall–Kier alpha value is -1.13. The van der Waals surface area contributed by atoms with Crippen molar-refractivity contribution in [3.63, 3.8) is 0 Å². The molecule has 4 rings (SSSR count). The Kier molecular flexibility index (Phi) is 9.03. The molecule has 0 amide bonds. The van der Waals surface area contributed by atoms with Gasteiger partial charge in [-0.2, -0.15) is 0 Å². The summed E-state index contributed by atoms with van der Waals surface area (Å²) in [5.41, 5.74) is 1.31. The van der Waals surface area contributed by atoms with Gasteiger partial charge in [0.05, 0.1) is 13.2 Å². The minimum absolute atomic E-state index is 0. The van der Waals surface area contributed by atoms with Gasteiger partial charge in [-0.3, -0.25) is 9.89 Å². The largest absolute Gasteiger partial charge is 0.494 e. The van der Waals surface area contributed by atoms with Gasteiger partial charge in [0, 0.05) is 50.8 Å². The fourth-order valence-corrected chi connectivity index (χ4v) is 5.47. The monoisotopic (exact) mass is 560 g/mol. The lowest BCUT2D eigenvalue weighted by molar-refractivity contribution is -0.168. The molecule has 6 nitrogen and oxygen atoms in total. The van der Waals surface area contributed by atoms with Crippen molar-refractivity contribution >= 4 is 29.9 Å². The zero-order valence-electron chi connectivity index (χ0n) is 19.5. The van der Waals surface area contributed by atoms with Crippen molar-refractivity contribution < 1.29 is 13.9 Å². The molecule has 1 aromatic rings. The molecule has 3 aliphatic rings.